The maximum Gasteiger partial charge on any atom is 0.329 e. The van der Waals surface area contributed by atoms with Gasteiger partial charge in [-0.3, -0.25) is 9.59 Å². The van der Waals surface area contributed by atoms with Gasteiger partial charge in [0.15, 0.2) is 0 Å². The molecule has 0 radical (unpaired) electrons. The lowest BCUT2D eigenvalue weighted by Crippen LogP contribution is -2.32. The first-order valence-corrected chi connectivity index (χ1v) is 4.36. The molecule has 0 heterocycles. The second-order valence-electron chi connectivity index (χ2n) is 2.58. The van der Waals surface area contributed by atoms with Crippen LogP contribution in [-0.2, 0) is 9.59 Å². The van der Waals surface area contributed by atoms with E-state index in [0.29, 0.717) is 10.6 Å². The van der Waals surface area contributed by atoms with Crippen LogP contribution in [0, 0.1) is 0 Å². The predicted molar refractivity (Wildman–Crippen MR) is 56.4 cm³/mol. The number of hydrogen-bond acceptors (Lipinski definition) is 3. The number of primary amides is 1. The number of nitrogens with zero attached hydrogens (tertiary/aromatic N) is 1. The standard InChI is InChI=1S/C9H8ClN3O2/c10-7-4-2-1-3-6(7)5-12-13-9(15)8(11)14/h1-5H,(H2,11,14)(H,13,15)/b12-5-. The largest absolute Gasteiger partial charge is 0.361 e. The van der Waals surface area contributed by atoms with Crippen LogP contribution in [0.15, 0.2) is 29.4 Å². The van der Waals surface area contributed by atoms with Gasteiger partial charge in [-0.25, -0.2) is 5.43 Å². The van der Waals surface area contributed by atoms with Gasteiger partial charge in [0, 0.05) is 10.6 Å². The minimum absolute atomic E-state index is 0.495. The molecular formula is C9H8ClN3O2. The van der Waals surface area contributed by atoms with Gasteiger partial charge in [-0.15, -0.1) is 0 Å². The smallest absolute Gasteiger partial charge is 0.329 e. The van der Waals surface area contributed by atoms with Gasteiger partial charge in [-0.05, 0) is 6.07 Å². The highest BCUT2D eigenvalue weighted by atomic mass is 35.5. The first-order valence-electron chi connectivity index (χ1n) is 3.98. The SMILES string of the molecule is NC(=O)C(=O)N/N=C\c1ccccc1Cl. The first kappa shape index (κ1) is 11.2. The van der Waals surface area contributed by atoms with Crippen molar-refractivity contribution in [3.8, 4) is 0 Å². The van der Waals surface area contributed by atoms with Crippen LogP contribution >= 0.6 is 11.6 Å². The molecule has 6 heteroatoms. The Labute approximate surface area is 90.9 Å². The molecule has 0 aliphatic heterocycles. The quantitative estimate of drug-likeness (QED) is 0.430. The predicted octanol–water partition coefficient (Wildman–Crippen LogP) is 0.275. The molecule has 1 aromatic rings. The summed E-state index contributed by atoms with van der Waals surface area (Å²) >= 11 is 5.81. The molecule has 0 aromatic heterocycles. The van der Waals surface area contributed by atoms with Crippen molar-refractivity contribution in [3.05, 3.63) is 34.9 Å². The molecular weight excluding hydrogens is 218 g/mol. The van der Waals surface area contributed by atoms with E-state index in [0.717, 1.165) is 0 Å². The number of nitrogens with two attached hydrogens (primary N) is 1. The third kappa shape index (κ3) is 3.40. The summed E-state index contributed by atoms with van der Waals surface area (Å²) < 4.78 is 0. The fourth-order valence-electron chi connectivity index (χ4n) is 0.795. The molecule has 0 saturated carbocycles. The highest BCUT2D eigenvalue weighted by Crippen LogP contribution is 2.11. The highest BCUT2D eigenvalue weighted by molar-refractivity contribution is 6.34. The summed E-state index contributed by atoms with van der Waals surface area (Å²) in [6.07, 6.45) is 1.32. The van der Waals surface area contributed by atoms with Crippen LogP contribution in [-0.4, -0.2) is 18.0 Å². The Hall–Kier alpha value is -1.88. The normalized spacial score (nSPS) is 10.2. The van der Waals surface area contributed by atoms with Crippen molar-refractivity contribution in [2.75, 3.05) is 0 Å². The zero-order chi connectivity index (χ0) is 11.3. The number of hydrazone groups is 1. The average molecular weight is 226 g/mol. The number of amides is 2. The summed E-state index contributed by atoms with van der Waals surface area (Å²) in [5.74, 6) is -2.07. The van der Waals surface area contributed by atoms with Crippen LogP contribution in [0.3, 0.4) is 0 Å². The van der Waals surface area contributed by atoms with Crippen LogP contribution in [0.1, 0.15) is 5.56 Å². The first-order chi connectivity index (χ1) is 7.11. The van der Waals surface area contributed by atoms with Gasteiger partial charge in [-0.2, -0.15) is 5.10 Å². The fourth-order valence-corrected chi connectivity index (χ4v) is 0.980. The van der Waals surface area contributed by atoms with Crippen LogP contribution < -0.4 is 11.2 Å². The molecule has 1 rings (SSSR count). The molecule has 0 atom stereocenters. The number of benzene rings is 1. The van der Waals surface area contributed by atoms with Crippen molar-refractivity contribution in [1.29, 1.82) is 0 Å². The third-order valence-electron chi connectivity index (χ3n) is 1.50. The van der Waals surface area contributed by atoms with Gasteiger partial charge in [0.25, 0.3) is 0 Å². The number of hydrogen-bond donors (Lipinski definition) is 2. The zero-order valence-corrected chi connectivity index (χ0v) is 8.36. The van der Waals surface area contributed by atoms with Gasteiger partial charge in [0.1, 0.15) is 0 Å². The second kappa shape index (κ2) is 5.11. The van der Waals surface area contributed by atoms with E-state index in [1.165, 1.54) is 6.21 Å². The van der Waals surface area contributed by atoms with E-state index in [1.807, 2.05) is 5.43 Å². The van der Waals surface area contributed by atoms with Gasteiger partial charge >= 0.3 is 11.8 Å². The van der Waals surface area contributed by atoms with Gasteiger partial charge in [0.2, 0.25) is 0 Å². The van der Waals surface area contributed by atoms with E-state index in [9.17, 15) is 9.59 Å². The lowest BCUT2D eigenvalue weighted by atomic mass is 10.2. The monoisotopic (exact) mass is 225 g/mol. The fraction of sp³-hybridized carbons (Fsp3) is 0. The molecule has 0 aliphatic carbocycles. The Bertz CT molecular complexity index is 418. The van der Waals surface area contributed by atoms with E-state index in [-0.39, 0.29) is 0 Å². The van der Waals surface area contributed by atoms with Crippen LogP contribution in [0.4, 0.5) is 0 Å². The number of halogens is 1. The van der Waals surface area contributed by atoms with E-state index >= 15 is 0 Å². The minimum Gasteiger partial charge on any atom is -0.361 e. The molecule has 78 valence electrons. The molecule has 0 aliphatic rings. The van der Waals surface area contributed by atoms with E-state index < -0.39 is 11.8 Å². The summed E-state index contributed by atoms with van der Waals surface area (Å²) in [6, 6.07) is 6.92. The lowest BCUT2D eigenvalue weighted by Gasteiger charge is -1.96. The van der Waals surface area contributed by atoms with Crippen LogP contribution in [0.5, 0.6) is 0 Å². The summed E-state index contributed by atoms with van der Waals surface area (Å²) in [4.78, 5) is 21.0. The van der Waals surface area contributed by atoms with Gasteiger partial charge in [0.05, 0.1) is 6.21 Å². The van der Waals surface area contributed by atoms with Gasteiger partial charge in [-0.1, -0.05) is 29.8 Å². The molecule has 0 bridgehead atoms. The topological polar surface area (TPSA) is 84.5 Å². The molecule has 0 fully saturated rings. The summed E-state index contributed by atoms with van der Waals surface area (Å²) in [5.41, 5.74) is 7.28. The Balaban J connectivity index is 2.63. The van der Waals surface area contributed by atoms with Crippen molar-refractivity contribution in [2.24, 2.45) is 10.8 Å². The maximum absolute atomic E-state index is 10.7. The third-order valence-corrected chi connectivity index (χ3v) is 1.84. The van der Waals surface area contributed by atoms with Crippen molar-refractivity contribution in [1.82, 2.24) is 5.43 Å². The minimum atomic E-state index is -1.09. The van der Waals surface area contributed by atoms with Crippen molar-refractivity contribution in [2.45, 2.75) is 0 Å². The second-order valence-corrected chi connectivity index (χ2v) is 2.99. The van der Waals surface area contributed by atoms with E-state index in [2.05, 4.69) is 5.10 Å². The Kier molecular flexibility index (Phi) is 3.82. The number of rotatable bonds is 2. The molecule has 0 unspecified atom stereocenters. The van der Waals surface area contributed by atoms with Crippen LogP contribution in [0.2, 0.25) is 5.02 Å². The molecule has 5 nitrogen and oxygen atoms in total. The Morgan fingerprint density at radius 2 is 2.07 bits per heavy atom. The maximum atomic E-state index is 10.7. The Morgan fingerprint density at radius 1 is 1.40 bits per heavy atom. The van der Waals surface area contributed by atoms with E-state index in [1.54, 1.807) is 24.3 Å². The number of carbonyl (C=O) groups is 2. The molecule has 0 saturated heterocycles. The van der Waals surface area contributed by atoms with E-state index in [4.69, 9.17) is 17.3 Å². The van der Waals surface area contributed by atoms with Crippen LogP contribution in [0.25, 0.3) is 0 Å². The number of carbonyl (C=O) groups excluding carboxylic acids is 2. The molecule has 1 aromatic carbocycles. The average Bonchev–Trinajstić information content (AvgIpc) is 2.20. The van der Waals surface area contributed by atoms with Crippen molar-refractivity contribution < 1.29 is 9.59 Å². The zero-order valence-electron chi connectivity index (χ0n) is 7.61. The number of nitrogens with one attached hydrogen (secondary N) is 1. The lowest BCUT2D eigenvalue weighted by molar-refractivity contribution is -0.137. The highest BCUT2D eigenvalue weighted by Gasteiger charge is 2.05. The van der Waals surface area contributed by atoms with Gasteiger partial charge < -0.3 is 5.73 Å². The summed E-state index contributed by atoms with van der Waals surface area (Å²) in [6.45, 7) is 0. The summed E-state index contributed by atoms with van der Waals surface area (Å²) in [5, 5.41) is 4.01. The molecule has 3 N–H and O–H groups in total. The van der Waals surface area contributed by atoms with Crippen molar-refractivity contribution in [3.63, 3.8) is 0 Å². The van der Waals surface area contributed by atoms with Crippen molar-refractivity contribution >= 4 is 29.6 Å². The summed E-state index contributed by atoms with van der Waals surface area (Å²) in [7, 11) is 0. The molecule has 0 spiro atoms. The molecule has 2 amide bonds. The molecule has 15 heavy (non-hydrogen) atoms. The Morgan fingerprint density at radius 3 is 2.67 bits per heavy atom.